The molecular weight excluding hydrogens is 248 g/mol. The Kier molecular flexibility index (Phi) is 4.48. The summed E-state index contributed by atoms with van der Waals surface area (Å²) in [5.74, 6) is -0.992. The van der Waals surface area contributed by atoms with Crippen LogP contribution in [-0.4, -0.2) is 38.0 Å². The van der Waals surface area contributed by atoms with Crippen molar-refractivity contribution in [3.8, 4) is 0 Å². The van der Waals surface area contributed by atoms with E-state index in [0.29, 0.717) is 25.8 Å². The molecule has 0 aliphatic heterocycles. The molecule has 7 nitrogen and oxygen atoms in total. The molecule has 0 unspecified atom stereocenters. The standard InChI is InChI=1S/C12H18N4O3/c17-11(5-7-16-8-6-13-15-16)14-10-3-1-9(2-4-10)12(18)19/h6,8-10H,1-5,7H2,(H,14,17)(H,18,19). The van der Waals surface area contributed by atoms with Gasteiger partial charge in [-0.25, -0.2) is 0 Å². The van der Waals surface area contributed by atoms with Crippen molar-refractivity contribution in [2.45, 2.75) is 44.7 Å². The van der Waals surface area contributed by atoms with Crippen LogP contribution in [0.2, 0.25) is 0 Å². The van der Waals surface area contributed by atoms with Crippen molar-refractivity contribution in [3.05, 3.63) is 12.4 Å². The van der Waals surface area contributed by atoms with Gasteiger partial charge in [0, 0.05) is 18.7 Å². The Morgan fingerprint density at radius 1 is 1.32 bits per heavy atom. The fourth-order valence-corrected chi connectivity index (χ4v) is 2.35. The lowest BCUT2D eigenvalue weighted by molar-refractivity contribution is -0.142. The summed E-state index contributed by atoms with van der Waals surface area (Å²) in [4.78, 5) is 22.5. The lowest BCUT2D eigenvalue weighted by atomic mass is 9.86. The molecular formula is C12H18N4O3. The molecule has 0 aromatic carbocycles. The first-order valence-electron chi connectivity index (χ1n) is 6.51. The highest BCUT2D eigenvalue weighted by atomic mass is 16.4. The van der Waals surface area contributed by atoms with Crippen LogP contribution in [0.5, 0.6) is 0 Å². The molecule has 1 aromatic heterocycles. The Morgan fingerprint density at radius 3 is 2.63 bits per heavy atom. The molecule has 2 N–H and O–H groups in total. The maximum absolute atomic E-state index is 11.7. The second-order valence-electron chi connectivity index (χ2n) is 4.87. The molecule has 0 radical (unpaired) electrons. The number of aliphatic carboxylic acids is 1. The average Bonchev–Trinajstić information content (AvgIpc) is 2.90. The van der Waals surface area contributed by atoms with Crippen molar-refractivity contribution >= 4 is 11.9 Å². The van der Waals surface area contributed by atoms with Crippen LogP contribution in [0.25, 0.3) is 0 Å². The maximum atomic E-state index is 11.7. The van der Waals surface area contributed by atoms with E-state index in [9.17, 15) is 9.59 Å². The molecule has 1 fully saturated rings. The van der Waals surface area contributed by atoms with Gasteiger partial charge in [0.2, 0.25) is 5.91 Å². The Labute approximate surface area is 111 Å². The molecule has 1 aliphatic rings. The molecule has 2 rings (SSSR count). The number of carbonyl (C=O) groups excluding carboxylic acids is 1. The van der Waals surface area contributed by atoms with Gasteiger partial charge in [-0.3, -0.25) is 14.3 Å². The molecule has 1 aliphatic carbocycles. The summed E-state index contributed by atoms with van der Waals surface area (Å²) in [5.41, 5.74) is 0. The van der Waals surface area contributed by atoms with Gasteiger partial charge in [0.25, 0.3) is 0 Å². The number of carbonyl (C=O) groups is 2. The molecule has 0 saturated heterocycles. The molecule has 1 aromatic rings. The van der Waals surface area contributed by atoms with Crippen molar-refractivity contribution in [2.24, 2.45) is 5.92 Å². The van der Waals surface area contributed by atoms with Gasteiger partial charge in [-0.15, -0.1) is 5.10 Å². The Morgan fingerprint density at radius 2 is 2.05 bits per heavy atom. The summed E-state index contributed by atoms with van der Waals surface area (Å²) < 4.78 is 1.61. The minimum Gasteiger partial charge on any atom is -0.481 e. The lowest BCUT2D eigenvalue weighted by Gasteiger charge is -2.26. The zero-order valence-electron chi connectivity index (χ0n) is 10.7. The number of hydrogen-bond donors (Lipinski definition) is 2. The van der Waals surface area contributed by atoms with E-state index in [0.717, 1.165) is 12.8 Å². The van der Waals surface area contributed by atoms with Crippen molar-refractivity contribution in [1.82, 2.24) is 20.3 Å². The third-order valence-corrected chi connectivity index (χ3v) is 3.48. The van der Waals surface area contributed by atoms with E-state index < -0.39 is 5.97 Å². The smallest absolute Gasteiger partial charge is 0.306 e. The van der Waals surface area contributed by atoms with E-state index in [2.05, 4.69) is 15.6 Å². The minimum atomic E-state index is -0.726. The predicted molar refractivity (Wildman–Crippen MR) is 66.2 cm³/mol. The van der Waals surface area contributed by atoms with E-state index in [1.165, 1.54) is 0 Å². The summed E-state index contributed by atoms with van der Waals surface area (Å²) in [6.45, 7) is 0.510. The molecule has 7 heteroatoms. The van der Waals surface area contributed by atoms with Crippen molar-refractivity contribution < 1.29 is 14.7 Å². The number of carboxylic acid groups (broad SMARTS) is 1. The summed E-state index contributed by atoms with van der Waals surface area (Å²) in [7, 11) is 0. The second-order valence-corrected chi connectivity index (χ2v) is 4.87. The van der Waals surface area contributed by atoms with Crippen molar-refractivity contribution in [3.63, 3.8) is 0 Å². The van der Waals surface area contributed by atoms with Crippen LogP contribution in [0.1, 0.15) is 32.1 Å². The van der Waals surface area contributed by atoms with Crippen LogP contribution in [0, 0.1) is 5.92 Å². The van der Waals surface area contributed by atoms with Gasteiger partial charge in [-0.2, -0.15) is 0 Å². The number of aryl methyl sites for hydroxylation is 1. The van der Waals surface area contributed by atoms with E-state index in [4.69, 9.17) is 5.11 Å². The van der Waals surface area contributed by atoms with Crippen molar-refractivity contribution in [2.75, 3.05) is 0 Å². The van der Waals surface area contributed by atoms with Gasteiger partial charge in [0.05, 0.1) is 18.7 Å². The molecule has 0 bridgehead atoms. The third-order valence-electron chi connectivity index (χ3n) is 3.48. The van der Waals surface area contributed by atoms with Crippen LogP contribution in [0.3, 0.4) is 0 Å². The highest BCUT2D eigenvalue weighted by Crippen LogP contribution is 2.24. The first-order valence-corrected chi connectivity index (χ1v) is 6.51. The quantitative estimate of drug-likeness (QED) is 0.805. The van der Waals surface area contributed by atoms with E-state index in [1.807, 2.05) is 0 Å². The molecule has 1 amide bonds. The van der Waals surface area contributed by atoms with Crippen LogP contribution < -0.4 is 5.32 Å². The van der Waals surface area contributed by atoms with Gasteiger partial charge in [0.15, 0.2) is 0 Å². The Balaban J connectivity index is 1.67. The number of amides is 1. The highest BCUT2D eigenvalue weighted by Gasteiger charge is 2.26. The molecule has 104 valence electrons. The topological polar surface area (TPSA) is 97.1 Å². The first kappa shape index (κ1) is 13.5. The SMILES string of the molecule is O=C(CCn1ccnn1)NC1CCC(C(=O)O)CC1. The molecule has 0 atom stereocenters. The zero-order chi connectivity index (χ0) is 13.7. The largest absolute Gasteiger partial charge is 0.481 e. The maximum Gasteiger partial charge on any atom is 0.306 e. The second kappa shape index (κ2) is 6.31. The number of carboxylic acids is 1. The third kappa shape index (κ3) is 4.04. The molecule has 1 saturated carbocycles. The van der Waals surface area contributed by atoms with Gasteiger partial charge in [-0.1, -0.05) is 5.21 Å². The first-order chi connectivity index (χ1) is 9.15. The van der Waals surface area contributed by atoms with Crippen LogP contribution in [0.4, 0.5) is 0 Å². The number of hydrogen-bond acceptors (Lipinski definition) is 4. The summed E-state index contributed by atoms with van der Waals surface area (Å²) in [6, 6.07) is 0.110. The lowest BCUT2D eigenvalue weighted by Crippen LogP contribution is -2.39. The fraction of sp³-hybridized carbons (Fsp3) is 0.667. The highest BCUT2D eigenvalue weighted by molar-refractivity contribution is 5.76. The minimum absolute atomic E-state index is 0.0192. The monoisotopic (exact) mass is 266 g/mol. The van der Waals surface area contributed by atoms with Crippen LogP contribution in [-0.2, 0) is 16.1 Å². The molecule has 1 heterocycles. The number of rotatable bonds is 5. The van der Waals surface area contributed by atoms with Gasteiger partial charge in [0.1, 0.15) is 0 Å². The van der Waals surface area contributed by atoms with Crippen LogP contribution >= 0.6 is 0 Å². The average molecular weight is 266 g/mol. The van der Waals surface area contributed by atoms with Crippen LogP contribution in [0.15, 0.2) is 12.4 Å². The summed E-state index contributed by atoms with van der Waals surface area (Å²) >= 11 is 0. The summed E-state index contributed by atoms with van der Waals surface area (Å²) in [5, 5.41) is 19.3. The Bertz CT molecular complexity index is 424. The zero-order valence-corrected chi connectivity index (χ0v) is 10.7. The summed E-state index contributed by atoms with van der Waals surface area (Å²) in [6.07, 6.45) is 6.42. The number of nitrogens with zero attached hydrogens (tertiary/aromatic N) is 3. The van der Waals surface area contributed by atoms with Gasteiger partial charge < -0.3 is 10.4 Å². The number of aromatic nitrogens is 3. The van der Waals surface area contributed by atoms with E-state index >= 15 is 0 Å². The molecule has 19 heavy (non-hydrogen) atoms. The normalized spacial score (nSPS) is 22.9. The van der Waals surface area contributed by atoms with Gasteiger partial charge >= 0.3 is 5.97 Å². The molecule has 0 spiro atoms. The van der Waals surface area contributed by atoms with E-state index in [1.54, 1.807) is 17.1 Å². The number of nitrogens with one attached hydrogen (secondary N) is 1. The van der Waals surface area contributed by atoms with Crippen molar-refractivity contribution in [1.29, 1.82) is 0 Å². The fourth-order valence-electron chi connectivity index (χ4n) is 2.35. The predicted octanol–water partition coefficient (Wildman–Crippen LogP) is 0.428. The Hall–Kier alpha value is -1.92. The van der Waals surface area contributed by atoms with E-state index in [-0.39, 0.29) is 17.9 Å². The van der Waals surface area contributed by atoms with Gasteiger partial charge in [-0.05, 0) is 25.7 Å².